The first-order chi connectivity index (χ1) is 21.6. The average Bonchev–Trinajstić information content (AvgIpc) is 3.35. The molecule has 234 valence electrons. The zero-order valence-corrected chi connectivity index (χ0v) is 25.6. The first-order valence-electron chi connectivity index (χ1n) is 14.9. The lowest BCUT2D eigenvalue weighted by atomic mass is 9.95. The van der Waals surface area contributed by atoms with Crippen LogP contribution in [0, 0.1) is 23.0 Å². The lowest BCUT2D eigenvalue weighted by Gasteiger charge is -2.31. The zero-order chi connectivity index (χ0) is 31.2. The molecule has 3 aliphatic heterocycles. The summed E-state index contributed by atoms with van der Waals surface area (Å²) < 4.78 is 58.7. The number of aromatic nitrogens is 2. The monoisotopic (exact) mass is 656 g/mol. The fourth-order valence-electron chi connectivity index (χ4n) is 7.23. The first kappa shape index (κ1) is 28.9. The second-order valence-electron chi connectivity index (χ2n) is 12.5. The maximum atomic E-state index is 17.0. The van der Waals surface area contributed by atoms with Gasteiger partial charge in [0.25, 0.3) is 0 Å². The smallest absolute Gasteiger partial charge is 0.319 e. The Morgan fingerprint density at radius 2 is 2.04 bits per heavy atom. The number of hydrogen-bond donors (Lipinski definition) is 2. The third-order valence-electron chi connectivity index (χ3n) is 9.59. The Balaban J connectivity index is 1.33. The molecule has 45 heavy (non-hydrogen) atoms. The number of aliphatic hydroxyl groups is 1. The quantitative estimate of drug-likeness (QED) is 0.274. The van der Waals surface area contributed by atoms with Gasteiger partial charge in [-0.2, -0.15) is 15.2 Å². The molecule has 0 amide bonds. The van der Waals surface area contributed by atoms with Gasteiger partial charge in [-0.15, -0.1) is 11.3 Å². The van der Waals surface area contributed by atoms with Crippen molar-refractivity contribution in [2.45, 2.75) is 49.4 Å². The van der Waals surface area contributed by atoms with Crippen molar-refractivity contribution >= 4 is 54.7 Å². The molecule has 2 aromatic heterocycles. The van der Waals surface area contributed by atoms with Gasteiger partial charge in [0.05, 0.1) is 38.4 Å². The predicted molar refractivity (Wildman–Crippen MR) is 165 cm³/mol. The lowest BCUT2D eigenvalue weighted by molar-refractivity contribution is 0.107. The van der Waals surface area contributed by atoms with Gasteiger partial charge in [0.15, 0.2) is 11.6 Å². The maximum absolute atomic E-state index is 17.0. The van der Waals surface area contributed by atoms with E-state index in [1.54, 1.807) is 0 Å². The van der Waals surface area contributed by atoms with Crippen molar-refractivity contribution in [2.75, 3.05) is 50.0 Å². The summed E-state index contributed by atoms with van der Waals surface area (Å²) in [7, 11) is 0. The summed E-state index contributed by atoms with van der Waals surface area (Å²) in [4.78, 5) is 13.2. The molecule has 8 rings (SSSR count). The van der Waals surface area contributed by atoms with Crippen LogP contribution in [0.4, 0.5) is 24.0 Å². The SMILES string of the molecule is N#Cc1c(N)sc2c(F)ccc(-c3c(Cl)c4c5c(nc(OC[C@@]67CCCN6C[C@H](F)C7)nc5c3F)N(CC3(O)CC3)CCO4)c12. The number of nitrogens with zero attached hydrogens (tertiary/aromatic N) is 5. The Bertz CT molecular complexity index is 1950. The highest BCUT2D eigenvalue weighted by Crippen LogP contribution is 2.51. The number of hydrogen-bond acceptors (Lipinski definition) is 10. The summed E-state index contributed by atoms with van der Waals surface area (Å²) in [6.45, 7) is 1.96. The molecule has 4 aliphatic rings. The molecule has 0 bridgehead atoms. The number of benzene rings is 2. The number of anilines is 2. The van der Waals surface area contributed by atoms with E-state index in [1.807, 2.05) is 11.0 Å². The predicted octanol–water partition coefficient (Wildman–Crippen LogP) is 5.58. The Labute approximate surface area is 264 Å². The number of nitriles is 1. The van der Waals surface area contributed by atoms with Crippen molar-refractivity contribution in [1.29, 1.82) is 5.26 Å². The fourth-order valence-corrected chi connectivity index (χ4v) is 8.52. The van der Waals surface area contributed by atoms with Crippen molar-refractivity contribution < 1.29 is 27.8 Å². The molecule has 2 aromatic carbocycles. The van der Waals surface area contributed by atoms with Crippen LogP contribution in [0.15, 0.2) is 12.1 Å². The molecule has 14 heteroatoms. The second-order valence-corrected chi connectivity index (χ2v) is 13.9. The summed E-state index contributed by atoms with van der Waals surface area (Å²) in [6, 6.07) is 4.45. The second kappa shape index (κ2) is 10.2. The number of fused-ring (bicyclic) bond motifs is 2. The number of alkyl halides is 1. The standard InChI is InChI=1S/C31H28ClF3N6O3S/c32-22-20(16-2-3-18(34)26-19(16)17(11-36)27(37)45-26)23(35)24-21-25(22)43-9-8-40(13-31(42)5-6-31)28(21)39-29(38-24)44-14-30-4-1-7-41(30)12-15(33)10-30/h2-3,15,42H,1,4-10,12-14,37H2/t15-,30+/m1/s1. The van der Waals surface area contributed by atoms with E-state index in [0.717, 1.165) is 30.7 Å². The summed E-state index contributed by atoms with van der Waals surface area (Å²) in [5, 5.41) is 21.1. The molecule has 4 aromatic rings. The van der Waals surface area contributed by atoms with Gasteiger partial charge >= 0.3 is 6.01 Å². The minimum Gasteiger partial charge on any atom is -0.489 e. The van der Waals surface area contributed by atoms with Crippen LogP contribution in [0.5, 0.6) is 11.8 Å². The van der Waals surface area contributed by atoms with Crippen LogP contribution in [0.1, 0.15) is 37.7 Å². The summed E-state index contributed by atoms with van der Waals surface area (Å²) >= 11 is 7.83. The molecule has 9 nitrogen and oxygen atoms in total. The largest absolute Gasteiger partial charge is 0.489 e. The van der Waals surface area contributed by atoms with Crippen molar-refractivity contribution in [3.8, 4) is 29.0 Å². The molecule has 2 atom stereocenters. The lowest BCUT2D eigenvalue weighted by Crippen LogP contribution is -2.43. The van der Waals surface area contributed by atoms with E-state index in [0.29, 0.717) is 38.2 Å². The van der Waals surface area contributed by atoms with Gasteiger partial charge in [0.2, 0.25) is 0 Å². The Morgan fingerprint density at radius 1 is 1.22 bits per heavy atom. The minimum absolute atomic E-state index is 0.0196. The van der Waals surface area contributed by atoms with Crippen molar-refractivity contribution in [1.82, 2.24) is 14.9 Å². The normalized spacial score (nSPS) is 23.6. The van der Waals surface area contributed by atoms with Crippen LogP contribution in [0.2, 0.25) is 5.02 Å². The Hall–Kier alpha value is -3.57. The summed E-state index contributed by atoms with van der Waals surface area (Å²) in [6.07, 6.45) is 2.32. The third kappa shape index (κ3) is 4.48. The number of ether oxygens (including phenoxy) is 2. The molecule has 3 N–H and O–H groups in total. The van der Waals surface area contributed by atoms with Gasteiger partial charge in [0, 0.05) is 30.5 Å². The topological polar surface area (TPSA) is 121 Å². The van der Waals surface area contributed by atoms with E-state index in [9.17, 15) is 19.1 Å². The van der Waals surface area contributed by atoms with Gasteiger partial charge in [-0.05, 0) is 43.9 Å². The molecule has 1 saturated carbocycles. The van der Waals surface area contributed by atoms with E-state index < -0.39 is 28.9 Å². The number of rotatable bonds is 6. The van der Waals surface area contributed by atoms with Crippen molar-refractivity contribution in [2.24, 2.45) is 0 Å². The molecular formula is C31H28ClF3N6O3S. The first-order valence-corrected chi connectivity index (χ1v) is 16.1. The van der Waals surface area contributed by atoms with Crippen LogP contribution in [0.25, 0.3) is 32.1 Å². The third-order valence-corrected chi connectivity index (χ3v) is 11.0. The van der Waals surface area contributed by atoms with Gasteiger partial charge < -0.3 is 25.2 Å². The molecule has 5 heterocycles. The van der Waals surface area contributed by atoms with E-state index in [1.165, 1.54) is 12.1 Å². The number of thiophene rings is 1. The molecule has 1 aliphatic carbocycles. The van der Waals surface area contributed by atoms with Gasteiger partial charge in [-0.25, -0.2) is 13.2 Å². The average molecular weight is 657 g/mol. The van der Waals surface area contributed by atoms with Crippen LogP contribution < -0.4 is 20.1 Å². The zero-order valence-electron chi connectivity index (χ0n) is 24.0. The molecular weight excluding hydrogens is 629 g/mol. The van der Waals surface area contributed by atoms with Crippen LogP contribution in [-0.2, 0) is 0 Å². The number of nitrogen functional groups attached to an aromatic ring is 1. The maximum Gasteiger partial charge on any atom is 0.319 e. The highest BCUT2D eigenvalue weighted by atomic mass is 35.5. The van der Waals surface area contributed by atoms with Gasteiger partial charge in [0.1, 0.15) is 47.6 Å². The number of nitrogens with two attached hydrogens (primary N) is 1. The minimum atomic E-state index is -0.954. The molecule has 0 spiro atoms. The molecule has 3 fully saturated rings. The number of β-amino-alcohol motifs (C(OH)–C–C–N with tert-alkyl or cyclic N) is 1. The summed E-state index contributed by atoms with van der Waals surface area (Å²) in [5.74, 6) is -1.01. The van der Waals surface area contributed by atoms with E-state index >= 15 is 4.39 Å². The number of halogens is 4. The molecule has 0 radical (unpaired) electrons. The van der Waals surface area contributed by atoms with Gasteiger partial charge in [-0.1, -0.05) is 17.7 Å². The Kier molecular flexibility index (Phi) is 6.56. The molecule has 0 unspecified atom stereocenters. The fraction of sp³-hybridized carbons (Fsp3) is 0.452. The summed E-state index contributed by atoms with van der Waals surface area (Å²) in [5.41, 5.74) is 4.58. The van der Waals surface area contributed by atoms with Crippen LogP contribution in [-0.4, -0.2) is 76.7 Å². The van der Waals surface area contributed by atoms with E-state index in [-0.39, 0.29) is 79.2 Å². The van der Waals surface area contributed by atoms with Crippen LogP contribution >= 0.6 is 22.9 Å². The highest BCUT2D eigenvalue weighted by Gasteiger charge is 2.49. The highest BCUT2D eigenvalue weighted by molar-refractivity contribution is 7.23. The van der Waals surface area contributed by atoms with Crippen molar-refractivity contribution in [3.05, 3.63) is 34.4 Å². The van der Waals surface area contributed by atoms with E-state index in [4.69, 9.17) is 31.8 Å². The van der Waals surface area contributed by atoms with Crippen molar-refractivity contribution in [3.63, 3.8) is 0 Å². The van der Waals surface area contributed by atoms with Gasteiger partial charge in [-0.3, -0.25) is 4.90 Å². The Morgan fingerprint density at radius 3 is 2.82 bits per heavy atom. The molecule has 2 saturated heterocycles. The van der Waals surface area contributed by atoms with Crippen LogP contribution in [0.3, 0.4) is 0 Å². The van der Waals surface area contributed by atoms with E-state index in [2.05, 4.69) is 9.88 Å².